The van der Waals surface area contributed by atoms with Crippen LogP contribution in [0.1, 0.15) is 17.2 Å². The molecule has 0 saturated heterocycles. The van der Waals surface area contributed by atoms with E-state index in [1.54, 1.807) is 36.5 Å². The number of carbonyl (C=O) groups excluding carboxylic acids is 1. The van der Waals surface area contributed by atoms with Crippen molar-refractivity contribution < 1.29 is 14.6 Å². The van der Waals surface area contributed by atoms with E-state index < -0.39 is 12.1 Å². The van der Waals surface area contributed by atoms with Crippen LogP contribution < -0.4 is 0 Å². The van der Waals surface area contributed by atoms with Gasteiger partial charge < -0.3 is 9.84 Å². The number of esters is 1. The van der Waals surface area contributed by atoms with Gasteiger partial charge in [-0.25, -0.2) is 4.79 Å². The van der Waals surface area contributed by atoms with Crippen molar-refractivity contribution in [3.63, 3.8) is 0 Å². The third-order valence-corrected chi connectivity index (χ3v) is 3.69. The van der Waals surface area contributed by atoms with E-state index >= 15 is 0 Å². The zero-order valence-electron chi connectivity index (χ0n) is 11.5. The van der Waals surface area contributed by atoms with Gasteiger partial charge in [-0.15, -0.1) is 0 Å². The Morgan fingerprint density at radius 2 is 2.09 bits per heavy atom. The second-order valence-corrected chi connectivity index (χ2v) is 5.35. The summed E-state index contributed by atoms with van der Waals surface area (Å²) in [6, 6.07) is 8.23. The summed E-state index contributed by atoms with van der Waals surface area (Å²) in [7, 11) is 0. The molecule has 1 atom stereocenters. The van der Waals surface area contributed by atoms with Crippen LogP contribution in [-0.2, 0) is 16.1 Å². The van der Waals surface area contributed by atoms with Crippen molar-refractivity contribution in [1.82, 2.24) is 4.98 Å². The third kappa shape index (κ3) is 4.07. The Balaban J connectivity index is 1.97. The topological polar surface area (TPSA) is 59.4 Å². The second kappa shape index (κ2) is 7.40. The van der Waals surface area contributed by atoms with Gasteiger partial charge in [0, 0.05) is 18.0 Å². The third-order valence-electron chi connectivity index (χ3n) is 2.95. The van der Waals surface area contributed by atoms with Crippen molar-refractivity contribution in [1.29, 1.82) is 0 Å². The van der Waals surface area contributed by atoms with Gasteiger partial charge in [-0.05, 0) is 23.8 Å². The summed E-state index contributed by atoms with van der Waals surface area (Å²) < 4.78 is 5.11. The number of hydrogen-bond donors (Lipinski definition) is 1. The Morgan fingerprint density at radius 3 is 2.73 bits per heavy atom. The van der Waals surface area contributed by atoms with Crippen LogP contribution in [0.3, 0.4) is 0 Å². The summed E-state index contributed by atoms with van der Waals surface area (Å²) in [4.78, 5) is 15.8. The summed E-state index contributed by atoms with van der Waals surface area (Å²) >= 11 is 11.7. The zero-order chi connectivity index (χ0) is 16.1. The summed E-state index contributed by atoms with van der Waals surface area (Å²) in [5, 5.41) is 10.9. The molecular weight excluding hydrogens is 325 g/mol. The fourth-order valence-electron chi connectivity index (χ4n) is 1.72. The van der Waals surface area contributed by atoms with Crippen LogP contribution >= 0.6 is 23.2 Å². The van der Waals surface area contributed by atoms with Crippen LogP contribution in [0.15, 0.2) is 54.9 Å². The van der Waals surface area contributed by atoms with Crippen molar-refractivity contribution in [3.8, 4) is 0 Å². The predicted octanol–water partition coefficient (Wildman–Crippen LogP) is 3.72. The standard InChI is InChI=1S/C16H13Cl2NO3/c1-10(15(20)12-3-2-6-19-8-12)16(21)22-9-11-4-5-13(17)14(18)7-11/h2-8,15,20H,1,9H2. The number of aliphatic hydroxyl groups is 1. The molecule has 6 heteroatoms. The molecule has 1 heterocycles. The lowest BCUT2D eigenvalue weighted by Gasteiger charge is -2.13. The Labute approximate surface area is 138 Å². The maximum Gasteiger partial charge on any atom is 0.336 e. The van der Waals surface area contributed by atoms with Crippen LogP contribution in [-0.4, -0.2) is 16.1 Å². The Morgan fingerprint density at radius 1 is 1.32 bits per heavy atom. The van der Waals surface area contributed by atoms with Crippen LogP contribution in [0.5, 0.6) is 0 Å². The number of rotatable bonds is 5. The highest BCUT2D eigenvalue weighted by Crippen LogP contribution is 2.24. The summed E-state index contributed by atoms with van der Waals surface area (Å²) in [6.45, 7) is 3.58. The van der Waals surface area contributed by atoms with E-state index in [4.69, 9.17) is 27.9 Å². The molecule has 1 aromatic heterocycles. The maximum absolute atomic E-state index is 11.9. The number of carbonyl (C=O) groups is 1. The lowest BCUT2D eigenvalue weighted by atomic mass is 10.1. The van der Waals surface area contributed by atoms with Crippen LogP contribution in [0, 0.1) is 0 Å². The van der Waals surface area contributed by atoms with Crippen LogP contribution in [0.4, 0.5) is 0 Å². The zero-order valence-corrected chi connectivity index (χ0v) is 13.0. The van der Waals surface area contributed by atoms with Gasteiger partial charge in [0.05, 0.1) is 15.6 Å². The van der Waals surface area contributed by atoms with Gasteiger partial charge in [0.15, 0.2) is 0 Å². The smallest absolute Gasteiger partial charge is 0.336 e. The predicted molar refractivity (Wildman–Crippen MR) is 84.6 cm³/mol. The Bertz CT molecular complexity index is 689. The summed E-state index contributed by atoms with van der Waals surface area (Å²) in [6.07, 6.45) is 1.87. The van der Waals surface area contributed by atoms with Crippen molar-refractivity contribution in [2.45, 2.75) is 12.7 Å². The van der Waals surface area contributed by atoms with Gasteiger partial charge in [-0.2, -0.15) is 0 Å². The second-order valence-electron chi connectivity index (χ2n) is 4.54. The van der Waals surface area contributed by atoms with E-state index in [0.717, 1.165) is 0 Å². The molecule has 0 saturated carbocycles. The molecule has 0 aliphatic heterocycles. The quantitative estimate of drug-likeness (QED) is 0.667. The minimum Gasteiger partial charge on any atom is -0.457 e. The number of aliphatic hydroxyl groups excluding tert-OH is 1. The molecular formula is C16H13Cl2NO3. The van der Waals surface area contributed by atoms with E-state index in [-0.39, 0.29) is 12.2 Å². The molecule has 0 aliphatic carbocycles. The lowest BCUT2D eigenvalue weighted by molar-refractivity contribution is -0.141. The van der Waals surface area contributed by atoms with Crippen LogP contribution in [0.25, 0.3) is 0 Å². The first kappa shape index (κ1) is 16.5. The first-order valence-corrected chi connectivity index (χ1v) is 7.12. The molecule has 0 radical (unpaired) electrons. The highest BCUT2D eigenvalue weighted by molar-refractivity contribution is 6.42. The van der Waals surface area contributed by atoms with E-state index in [0.29, 0.717) is 21.2 Å². The fraction of sp³-hybridized carbons (Fsp3) is 0.125. The van der Waals surface area contributed by atoms with E-state index in [1.807, 2.05) is 0 Å². The van der Waals surface area contributed by atoms with Gasteiger partial charge in [0.1, 0.15) is 12.7 Å². The fourth-order valence-corrected chi connectivity index (χ4v) is 2.04. The summed E-state index contributed by atoms with van der Waals surface area (Å²) in [5.74, 6) is -0.692. The minimum atomic E-state index is -1.16. The van der Waals surface area contributed by atoms with E-state index in [2.05, 4.69) is 11.6 Å². The molecule has 114 valence electrons. The number of ether oxygens (including phenoxy) is 1. The molecule has 1 unspecified atom stereocenters. The summed E-state index contributed by atoms with van der Waals surface area (Å²) in [5.41, 5.74) is 1.10. The average molecular weight is 338 g/mol. The molecule has 4 nitrogen and oxygen atoms in total. The van der Waals surface area contributed by atoms with E-state index in [9.17, 15) is 9.90 Å². The van der Waals surface area contributed by atoms with Gasteiger partial charge in [-0.1, -0.05) is 41.9 Å². The molecule has 1 aromatic carbocycles. The van der Waals surface area contributed by atoms with Crippen molar-refractivity contribution >= 4 is 29.2 Å². The number of pyridine rings is 1. The van der Waals surface area contributed by atoms with Gasteiger partial charge in [0.2, 0.25) is 0 Å². The molecule has 0 spiro atoms. The lowest BCUT2D eigenvalue weighted by Crippen LogP contribution is -2.14. The van der Waals surface area contributed by atoms with Crippen LogP contribution in [0.2, 0.25) is 10.0 Å². The number of hydrogen-bond acceptors (Lipinski definition) is 4. The number of benzene rings is 1. The van der Waals surface area contributed by atoms with Gasteiger partial charge in [-0.3, -0.25) is 4.98 Å². The first-order chi connectivity index (χ1) is 10.5. The SMILES string of the molecule is C=C(C(=O)OCc1ccc(Cl)c(Cl)c1)C(O)c1cccnc1. The Hall–Kier alpha value is -1.88. The van der Waals surface area contributed by atoms with Crippen molar-refractivity contribution in [2.75, 3.05) is 0 Å². The Kier molecular flexibility index (Phi) is 5.55. The normalized spacial score (nSPS) is 11.8. The molecule has 2 rings (SSSR count). The number of halogens is 2. The molecule has 0 bridgehead atoms. The largest absolute Gasteiger partial charge is 0.457 e. The molecule has 0 aliphatic rings. The van der Waals surface area contributed by atoms with Crippen molar-refractivity contribution in [2.24, 2.45) is 0 Å². The highest BCUT2D eigenvalue weighted by Gasteiger charge is 2.20. The minimum absolute atomic E-state index is 0.00843. The average Bonchev–Trinajstić information content (AvgIpc) is 2.55. The number of aromatic nitrogens is 1. The molecule has 1 N–H and O–H groups in total. The molecule has 2 aromatic rings. The first-order valence-electron chi connectivity index (χ1n) is 6.37. The molecule has 0 amide bonds. The molecule has 0 fully saturated rings. The molecule has 22 heavy (non-hydrogen) atoms. The highest BCUT2D eigenvalue weighted by atomic mass is 35.5. The monoisotopic (exact) mass is 337 g/mol. The van der Waals surface area contributed by atoms with Gasteiger partial charge in [0.25, 0.3) is 0 Å². The number of nitrogens with zero attached hydrogens (tertiary/aromatic N) is 1. The van der Waals surface area contributed by atoms with Gasteiger partial charge >= 0.3 is 5.97 Å². The maximum atomic E-state index is 11.9. The van der Waals surface area contributed by atoms with E-state index in [1.165, 1.54) is 6.20 Å². The van der Waals surface area contributed by atoms with Crippen molar-refractivity contribution in [3.05, 3.63) is 76.0 Å².